The third-order valence-electron chi connectivity index (χ3n) is 2.89. The lowest BCUT2D eigenvalue weighted by molar-refractivity contribution is -0.120. The average molecular weight is 223 g/mol. The average Bonchev–Trinajstić information content (AvgIpc) is 2.68. The van der Waals surface area contributed by atoms with Crippen molar-refractivity contribution in [2.24, 2.45) is 5.92 Å². The molecular weight excluding hydrogens is 209 g/mol. The van der Waals surface area contributed by atoms with Crippen molar-refractivity contribution in [2.45, 2.75) is 19.4 Å². The van der Waals surface area contributed by atoms with Gasteiger partial charge in [-0.3, -0.25) is 9.78 Å². The van der Waals surface area contributed by atoms with Gasteiger partial charge in [0.1, 0.15) is 0 Å². The van der Waals surface area contributed by atoms with Gasteiger partial charge < -0.3 is 10.6 Å². The van der Waals surface area contributed by atoms with Crippen molar-refractivity contribution < 1.29 is 9.18 Å². The molecule has 0 aliphatic carbocycles. The summed E-state index contributed by atoms with van der Waals surface area (Å²) >= 11 is 0. The molecule has 1 fully saturated rings. The van der Waals surface area contributed by atoms with Crippen LogP contribution in [0.5, 0.6) is 0 Å². The highest BCUT2D eigenvalue weighted by molar-refractivity contribution is 5.93. The van der Waals surface area contributed by atoms with E-state index < -0.39 is 5.82 Å². The molecule has 0 spiro atoms. The minimum absolute atomic E-state index is 0.0902. The fraction of sp³-hybridized carbons (Fsp3) is 0.455. The van der Waals surface area contributed by atoms with Gasteiger partial charge in [-0.15, -0.1) is 0 Å². The molecule has 4 nitrogen and oxygen atoms in total. The van der Waals surface area contributed by atoms with E-state index in [4.69, 9.17) is 0 Å². The zero-order valence-corrected chi connectivity index (χ0v) is 9.03. The summed E-state index contributed by atoms with van der Waals surface area (Å²) in [6.45, 7) is 2.79. The van der Waals surface area contributed by atoms with Gasteiger partial charge in [0.25, 0.3) is 0 Å². The van der Waals surface area contributed by atoms with E-state index in [1.54, 1.807) is 0 Å². The molecule has 1 amide bonds. The molecule has 1 saturated heterocycles. The predicted octanol–water partition coefficient (Wildman–Crippen LogP) is 1.16. The number of hydrogen-bond donors (Lipinski definition) is 2. The smallest absolute Gasteiger partial charge is 0.229 e. The molecule has 0 aromatic carbocycles. The monoisotopic (exact) mass is 223 g/mol. The second-order valence-corrected chi connectivity index (χ2v) is 3.98. The van der Waals surface area contributed by atoms with E-state index >= 15 is 0 Å². The maximum atomic E-state index is 13.2. The third-order valence-corrected chi connectivity index (χ3v) is 2.89. The predicted molar refractivity (Wildman–Crippen MR) is 58.4 cm³/mol. The maximum Gasteiger partial charge on any atom is 0.229 e. The Morgan fingerprint density at radius 2 is 2.50 bits per heavy atom. The van der Waals surface area contributed by atoms with Crippen LogP contribution in [0.4, 0.5) is 10.1 Å². The first-order chi connectivity index (χ1) is 7.68. The highest BCUT2D eigenvalue weighted by Crippen LogP contribution is 2.19. The van der Waals surface area contributed by atoms with Crippen LogP contribution in [0.3, 0.4) is 0 Å². The van der Waals surface area contributed by atoms with Crippen molar-refractivity contribution in [3.8, 4) is 0 Å². The molecular formula is C11H14FN3O. The molecule has 2 heterocycles. The van der Waals surface area contributed by atoms with Gasteiger partial charge in [-0.2, -0.15) is 0 Å². The first kappa shape index (κ1) is 11.0. The third kappa shape index (κ3) is 2.19. The zero-order valence-electron chi connectivity index (χ0n) is 9.03. The molecule has 5 heteroatoms. The van der Waals surface area contributed by atoms with Crippen molar-refractivity contribution in [3.63, 3.8) is 0 Å². The van der Waals surface area contributed by atoms with E-state index in [1.165, 1.54) is 12.3 Å². The standard InChI is InChI=1S/C11H14FN3O/c1-7-8(2-5-14-7)11(16)15-10-3-4-13-6-9(10)12/h3-4,6-8,14H,2,5H2,1H3,(H,13,15,16). The second kappa shape index (κ2) is 4.57. The van der Waals surface area contributed by atoms with Crippen LogP contribution in [0, 0.1) is 11.7 Å². The van der Waals surface area contributed by atoms with E-state index in [1.807, 2.05) is 6.92 Å². The molecule has 16 heavy (non-hydrogen) atoms. The van der Waals surface area contributed by atoms with Gasteiger partial charge in [0.05, 0.1) is 17.8 Å². The number of halogens is 1. The lowest BCUT2D eigenvalue weighted by Crippen LogP contribution is -2.32. The largest absolute Gasteiger partial charge is 0.323 e. The quantitative estimate of drug-likeness (QED) is 0.791. The Kier molecular flexibility index (Phi) is 3.14. The zero-order chi connectivity index (χ0) is 11.5. The molecule has 1 aliphatic heterocycles. The second-order valence-electron chi connectivity index (χ2n) is 3.98. The van der Waals surface area contributed by atoms with Crippen LogP contribution >= 0.6 is 0 Å². The molecule has 0 radical (unpaired) electrons. The van der Waals surface area contributed by atoms with Crippen LogP contribution in [-0.4, -0.2) is 23.5 Å². The van der Waals surface area contributed by atoms with E-state index in [0.29, 0.717) is 0 Å². The maximum absolute atomic E-state index is 13.2. The lowest BCUT2D eigenvalue weighted by Gasteiger charge is -2.14. The first-order valence-electron chi connectivity index (χ1n) is 5.32. The summed E-state index contributed by atoms with van der Waals surface area (Å²) in [6, 6.07) is 1.60. The summed E-state index contributed by atoms with van der Waals surface area (Å²) in [5, 5.41) is 5.77. The van der Waals surface area contributed by atoms with E-state index in [9.17, 15) is 9.18 Å². The minimum atomic E-state index is -0.505. The summed E-state index contributed by atoms with van der Waals surface area (Å²) in [5.41, 5.74) is 0.194. The van der Waals surface area contributed by atoms with Crippen LogP contribution in [0.1, 0.15) is 13.3 Å². The summed E-state index contributed by atoms with van der Waals surface area (Å²) in [6.07, 6.45) is 3.33. The molecule has 1 aromatic heterocycles. The number of carbonyl (C=O) groups is 1. The fourth-order valence-electron chi connectivity index (χ4n) is 1.92. The Labute approximate surface area is 93.3 Å². The topological polar surface area (TPSA) is 54.0 Å². The summed E-state index contributed by atoms with van der Waals surface area (Å²) < 4.78 is 13.2. The lowest BCUT2D eigenvalue weighted by atomic mass is 10.0. The van der Waals surface area contributed by atoms with Gasteiger partial charge in [-0.1, -0.05) is 0 Å². The SMILES string of the molecule is CC1NCCC1C(=O)Nc1ccncc1F. The van der Waals surface area contributed by atoms with Crippen LogP contribution in [0.15, 0.2) is 18.5 Å². The van der Waals surface area contributed by atoms with Gasteiger partial charge in [-0.25, -0.2) is 4.39 Å². The molecule has 2 atom stereocenters. The van der Waals surface area contributed by atoms with Gasteiger partial charge >= 0.3 is 0 Å². The number of aromatic nitrogens is 1. The van der Waals surface area contributed by atoms with Gasteiger partial charge in [0.15, 0.2) is 5.82 Å². The molecule has 86 valence electrons. The van der Waals surface area contributed by atoms with Gasteiger partial charge in [0, 0.05) is 12.2 Å². The van der Waals surface area contributed by atoms with Crippen molar-refractivity contribution in [1.82, 2.24) is 10.3 Å². The van der Waals surface area contributed by atoms with Crippen LogP contribution in [0.25, 0.3) is 0 Å². The molecule has 0 bridgehead atoms. The van der Waals surface area contributed by atoms with Gasteiger partial charge in [0.2, 0.25) is 5.91 Å². The molecule has 0 saturated carbocycles. The van der Waals surface area contributed by atoms with Crippen LogP contribution < -0.4 is 10.6 Å². The minimum Gasteiger partial charge on any atom is -0.323 e. The fourth-order valence-corrected chi connectivity index (χ4v) is 1.92. The number of amides is 1. The van der Waals surface area contributed by atoms with Gasteiger partial charge in [-0.05, 0) is 26.0 Å². The number of nitrogens with zero attached hydrogens (tertiary/aromatic N) is 1. The van der Waals surface area contributed by atoms with Crippen molar-refractivity contribution >= 4 is 11.6 Å². The number of anilines is 1. The Morgan fingerprint density at radius 1 is 1.69 bits per heavy atom. The number of rotatable bonds is 2. The molecule has 2 unspecified atom stereocenters. The molecule has 2 rings (SSSR count). The van der Waals surface area contributed by atoms with E-state index in [2.05, 4.69) is 15.6 Å². The van der Waals surface area contributed by atoms with E-state index in [-0.39, 0.29) is 23.6 Å². The number of pyridine rings is 1. The highest BCUT2D eigenvalue weighted by atomic mass is 19.1. The summed E-state index contributed by atoms with van der Waals surface area (Å²) in [5.74, 6) is -0.732. The molecule has 1 aliphatic rings. The van der Waals surface area contributed by atoms with Crippen LogP contribution in [-0.2, 0) is 4.79 Å². The highest BCUT2D eigenvalue weighted by Gasteiger charge is 2.29. The Morgan fingerprint density at radius 3 is 3.12 bits per heavy atom. The van der Waals surface area contributed by atoms with Crippen LogP contribution in [0.2, 0.25) is 0 Å². The Balaban J connectivity index is 2.05. The van der Waals surface area contributed by atoms with Crippen molar-refractivity contribution in [1.29, 1.82) is 0 Å². The Hall–Kier alpha value is -1.49. The Bertz CT molecular complexity index is 397. The van der Waals surface area contributed by atoms with Crippen molar-refractivity contribution in [3.05, 3.63) is 24.3 Å². The van der Waals surface area contributed by atoms with E-state index in [0.717, 1.165) is 19.2 Å². The van der Waals surface area contributed by atoms with Crippen molar-refractivity contribution in [2.75, 3.05) is 11.9 Å². The summed E-state index contributed by atoms with van der Waals surface area (Å²) in [7, 11) is 0. The number of carbonyl (C=O) groups excluding carboxylic acids is 1. The molecule has 2 N–H and O–H groups in total. The molecule has 1 aromatic rings. The first-order valence-corrected chi connectivity index (χ1v) is 5.32. The number of hydrogen-bond acceptors (Lipinski definition) is 3. The number of nitrogens with one attached hydrogen (secondary N) is 2. The normalized spacial score (nSPS) is 24.4. The summed E-state index contributed by atoms with van der Waals surface area (Å²) in [4.78, 5) is 15.5.